The van der Waals surface area contributed by atoms with Crippen LogP contribution in [0.1, 0.15) is 15.9 Å². The Labute approximate surface area is 128 Å². The third-order valence-electron chi connectivity index (χ3n) is 2.73. The lowest BCUT2D eigenvalue weighted by molar-refractivity contribution is 0.0595. The molecule has 0 atom stereocenters. The van der Waals surface area contributed by atoms with Crippen LogP contribution >= 0.6 is 15.9 Å². The summed E-state index contributed by atoms with van der Waals surface area (Å²) >= 11 is 3.17. The number of carbonyl (C=O) groups excluding carboxylic acids is 1. The lowest BCUT2D eigenvalue weighted by Gasteiger charge is -2.09. The predicted molar refractivity (Wildman–Crippen MR) is 76.2 cm³/mol. The topological polar surface area (TPSA) is 35.5 Å². The van der Waals surface area contributed by atoms with E-state index in [0.717, 1.165) is 0 Å². The molecule has 110 valence electrons. The van der Waals surface area contributed by atoms with Gasteiger partial charge in [-0.25, -0.2) is 13.6 Å². The first-order valence-corrected chi connectivity index (χ1v) is 6.75. The maximum absolute atomic E-state index is 13.7. The molecule has 0 bridgehead atoms. The average molecular weight is 357 g/mol. The van der Waals surface area contributed by atoms with Crippen molar-refractivity contribution in [3.05, 3.63) is 63.6 Å². The van der Waals surface area contributed by atoms with E-state index in [1.165, 1.54) is 37.4 Å². The van der Waals surface area contributed by atoms with E-state index in [0.29, 0.717) is 15.8 Å². The zero-order valence-electron chi connectivity index (χ0n) is 11.0. The Bertz CT molecular complexity index is 674. The number of halogens is 3. The Morgan fingerprint density at radius 2 is 1.95 bits per heavy atom. The highest BCUT2D eigenvalue weighted by molar-refractivity contribution is 9.10. The second-order valence-corrected chi connectivity index (χ2v) is 5.02. The number of benzene rings is 2. The van der Waals surface area contributed by atoms with Crippen LogP contribution < -0.4 is 4.74 Å². The quantitative estimate of drug-likeness (QED) is 0.774. The lowest BCUT2D eigenvalue weighted by Crippen LogP contribution is -2.05. The van der Waals surface area contributed by atoms with Crippen LogP contribution in [0.4, 0.5) is 8.78 Å². The minimum Gasteiger partial charge on any atom is -0.488 e. The summed E-state index contributed by atoms with van der Waals surface area (Å²) < 4.78 is 37.1. The Balaban J connectivity index is 2.10. The number of hydrogen-bond donors (Lipinski definition) is 0. The number of esters is 1. The Morgan fingerprint density at radius 1 is 1.19 bits per heavy atom. The molecule has 0 saturated carbocycles. The number of ether oxygens (including phenoxy) is 2. The molecular weight excluding hydrogens is 346 g/mol. The van der Waals surface area contributed by atoms with Crippen LogP contribution in [-0.4, -0.2) is 13.1 Å². The molecule has 2 rings (SSSR count). The van der Waals surface area contributed by atoms with Crippen LogP contribution in [0.3, 0.4) is 0 Å². The molecular formula is C15H11BrF2O3. The first-order chi connectivity index (χ1) is 10.0. The molecule has 0 aliphatic carbocycles. The first-order valence-electron chi connectivity index (χ1n) is 5.96. The van der Waals surface area contributed by atoms with Gasteiger partial charge in [-0.05, 0) is 51.8 Å². The van der Waals surface area contributed by atoms with Crippen LogP contribution in [0.2, 0.25) is 0 Å². The van der Waals surface area contributed by atoms with E-state index >= 15 is 0 Å². The van der Waals surface area contributed by atoms with Gasteiger partial charge in [0.05, 0.1) is 17.1 Å². The van der Waals surface area contributed by atoms with Gasteiger partial charge in [0.15, 0.2) is 0 Å². The van der Waals surface area contributed by atoms with Crippen molar-refractivity contribution in [1.82, 2.24) is 0 Å². The van der Waals surface area contributed by atoms with E-state index < -0.39 is 11.8 Å². The summed E-state index contributed by atoms with van der Waals surface area (Å²) in [7, 11) is 1.19. The summed E-state index contributed by atoms with van der Waals surface area (Å²) in [5, 5.41) is 0. The monoisotopic (exact) mass is 356 g/mol. The van der Waals surface area contributed by atoms with E-state index in [2.05, 4.69) is 20.7 Å². The highest BCUT2D eigenvalue weighted by Gasteiger charge is 2.12. The molecule has 3 nitrogen and oxygen atoms in total. The normalized spacial score (nSPS) is 10.3. The van der Waals surface area contributed by atoms with Crippen molar-refractivity contribution >= 4 is 21.9 Å². The average Bonchev–Trinajstić information content (AvgIpc) is 2.45. The number of carbonyl (C=O) groups is 1. The zero-order chi connectivity index (χ0) is 15.4. The van der Waals surface area contributed by atoms with Gasteiger partial charge in [0.2, 0.25) is 0 Å². The summed E-state index contributed by atoms with van der Waals surface area (Å²) in [6, 6.07) is 8.10. The van der Waals surface area contributed by atoms with E-state index in [-0.39, 0.29) is 18.0 Å². The fraction of sp³-hybridized carbons (Fsp3) is 0.133. The summed E-state index contributed by atoms with van der Waals surface area (Å²) in [6.07, 6.45) is 0. The number of methoxy groups -OCH3 is 1. The minimum absolute atomic E-state index is 0.0859. The molecule has 0 aliphatic heterocycles. The smallest absolute Gasteiger partial charge is 0.340 e. The van der Waals surface area contributed by atoms with Gasteiger partial charge in [0, 0.05) is 0 Å². The fourth-order valence-electron chi connectivity index (χ4n) is 1.68. The molecule has 0 aliphatic rings. The molecule has 2 aromatic carbocycles. The molecule has 0 heterocycles. The van der Waals surface area contributed by atoms with Crippen LogP contribution in [0.25, 0.3) is 0 Å². The van der Waals surface area contributed by atoms with E-state index in [1.807, 2.05) is 0 Å². The summed E-state index contributed by atoms with van der Waals surface area (Å²) in [4.78, 5) is 11.3. The number of rotatable bonds is 4. The van der Waals surface area contributed by atoms with Crippen molar-refractivity contribution in [2.75, 3.05) is 7.11 Å². The highest BCUT2D eigenvalue weighted by atomic mass is 79.9. The van der Waals surface area contributed by atoms with E-state index in [9.17, 15) is 13.6 Å². The van der Waals surface area contributed by atoms with E-state index in [4.69, 9.17) is 4.74 Å². The van der Waals surface area contributed by atoms with Crippen LogP contribution in [-0.2, 0) is 11.3 Å². The standard InChI is InChI=1S/C15H11BrF2O3/c1-20-15(19)11-4-2-9(6-13(11)18)8-21-14-5-3-10(17)7-12(14)16/h2-7H,8H2,1H3. The molecule has 2 aromatic rings. The van der Waals surface area contributed by atoms with Gasteiger partial charge in [-0.15, -0.1) is 0 Å². The Kier molecular flexibility index (Phi) is 4.90. The van der Waals surface area contributed by atoms with Gasteiger partial charge in [-0.2, -0.15) is 0 Å². The zero-order valence-corrected chi connectivity index (χ0v) is 12.6. The van der Waals surface area contributed by atoms with Gasteiger partial charge < -0.3 is 9.47 Å². The van der Waals surface area contributed by atoms with Crippen molar-refractivity contribution in [3.8, 4) is 5.75 Å². The molecule has 6 heteroatoms. The van der Waals surface area contributed by atoms with Crippen LogP contribution in [0, 0.1) is 11.6 Å². The predicted octanol–water partition coefficient (Wildman–Crippen LogP) is 4.09. The van der Waals surface area contributed by atoms with Gasteiger partial charge in [0.1, 0.15) is 24.0 Å². The van der Waals surface area contributed by atoms with Gasteiger partial charge in [-0.3, -0.25) is 0 Å². The Hall–Kier alpha value is -1.95. The van der Waals surface area contributed by atoms with Crippen molar-refractivity contribution < 1.29 is 23.0 Å². The van der Waals surface area contributed by atoms with Gasteiger partial charge in [-0.1, -0.05) is 6.07 Å². The van der Waals surface area contributed by atoms with Crippen LogP contribution in [0.15, 0.2) is 40.9 Å². The largest absolute Gasteiger partial charge is 0.488 e. The van der Waals surface area contributed by atoms with Crippen molar-refractivity contribution in [3.63, 3.8) is 0 Å². The third kappa shape index (κ3) is 3.78. The fourth-order valence-corrected chi connectivity index (χ4v) is 2.14. The summed E-state index contributed by atoms with van der Waals surface area (Å²) in [5.41, 5.74) is 0.403. The second-order valence-electron chi connectivity index (χ2n) is 4.17. The Morgan fingerprint density at radius 3 is 2.57 bits per heavy atom. The van der Waals surface area contributed by atoms with Gasteiger partial charge >= 0.3 is 5.97 Å². The highest BCUT2D eigenvalue weighted by Crippen LogP contribution is 2.26. The second kappa shape index (κ2) is 6.67. The first kappa shape index (κ1) is 15.4. The molecule has 0 radical (unpaired) electrons. The lowest BCUT2D eigenvalue weighted by atomic mass is 10.1. The van der Waals surface area contributed by atoms with E-state index in [1.54, 1.807) is 6.07 Å². The summed E-state index contributed by atoms with van der Waals surface area (Å²) in [5.74, 6) is -1.36. The number of hydrogen-bond acceptors (Lipinski definition) is 3. The van der Waals surface area contributed by atoms with Crippen molar-refractivity contribution in [2.24, 2.45) is 0 Å². The molecule has 0 N–H and O–H groups in total. The van der Waals surface area contributed by atoms with Gasteiger partial charge in [0.25, 0.3) is 0 Å². The third-order valence-corrected chi connectivity index (χ3v) is 3.35. The van der Waals surface area contributed by atoms with Crippen molar-refractivity contribution in [1.29, 1.82) is 0 Å². The molecule has 0 saturated heterocycles. The molecule has 0 amide bonds. The SMILES string of the molecule is COC(=O)c1ccc(COc2ccc(F)cc2Br)cc1F. The molecule has 0 aromatic heterocycles. The molecule has 21 heavy (non-hydrogen) atoms. The summed E-state index contributed by atoms with van der Waals surface area (Å²) in [6.45, 7) is 0.0859. The molecule has 0 unspecified atom stereocenters. The molecule has 0 fully saturated rings. The van der Waals surface area contributed by atoms with Crippen LogP contribution in [0.5, 0.6) is 5.75 Å². The minimum atomic E-state index is -0.735. The van der Waals surface area contributed by atoms with Crippen molar-refractivity contribution in [2.45, 2.75) is 6.61 Å². The maximum atomic E-state index is 13.7. The molecule has 0 spiro atoms. The maximum Gasteiger partial charge on any atom is 0.340 e.